The van der Waals surface area contributed by atoms with Crippen molar-refractivity contribution in [3.63, 3.8) is 0 Å². The number of nitrogens with one attached hydrogen (secondary N) is 2. The summed E-state index contributed by atoms with van der Waals surface area (Å²) >= 11 is 0. The van der Waals surface area contributed by atoms with E-state index < -0.39 is 36.1 Å². The lowest BCUT2D eigenvalue weighted by Gasteiger charge is -2.40. The first-order valence-corrected chi connectivity index (χ1v) is 13.1. The fourth-order valence-corrected chi connectivity index (χ4v) is 5.56. The minimum atomic E-state index is -5.79. The molecule has 1 saturated carbocycles. The van der Waals surface area contributed by atoms with Gasteiger partial charge in [-0.3, -0.25) is 14.4 Å². The summed E-state index contributed by atoms with van der Waals surface area (Å²) in [5.41, 5.74) is 5.11. The Morgan fingerprint density at radius 3 is 2.15 bits per heavy atom. The van der Waals surface area contributed by atoms with Gasteiger partial charge in [0.1, 0.15) is 5.82 Å². The number of carbonyl (C=O) groups is 3. The lowest BCUT2D eigenvalue weighted by molar-refractivity contribution is -0.275. The van der Waals surface area contributed by atoms with Crippen molar-refractivity contribution >= 4 is 29.1 Å². The molecule has 0 spiro atoms. The highest BCUT2D eigenvalue weighted by Crippen LogP contribution is 2.39. The van der Waals surface area contributed by atoms with Crippen LogP contribution in [0.15, 0.2) is 36.5 Å². The van der Waals surface area contributed by atoms with Crippen LogP contribution in [-0.2, 0) is 0 Å². The molecule has 1 aliphatic carbocycles. The second-order valence-corrected chi connectivity index (χ2v) is 10.7. The third-order valence-electron chi connectivity index (χ3n) is 7.78. The normalized spacial score (nSPS) is 22.6. The molecule has 1 aromatic carbocycles. The Bertz CT molecular complexity index is 1300. The molecule has 2 bridgehead atoms. The van der Waals surface area contributed by atoms with Gasteiger partial charge < -0.3 is 21.3 Å². The predicted octanol–water partition coefficient (Wildman–Crippen LogP) is 4.31. The SMILES string of the molecule is NC(=O)c1ccc(C(=O)NC2C[C@H]3CC[C@@H](C2)N3c2ccc(C(=O)C3CC3)cn2)cc1NCC(F)(F)C(F)(F)F. The number of ketones is 1. The zero-order valence-corrected chi connectivity index (χ0v) is 21.3. The van der Waals surface area contributed by atoms with Crippen LogP contribution in [0.3, 0.4) is 0 Å². The van der Waals surface area contributed by atoms with E-state index in [2.05, 4.69) is 15.2 Å². The Kier molecular flexibility index (Phi) is 7.17. The standard InChI is InChI=1S/C27H28F5N5O3/c28-26(29,27(30,31)32)13-35-21-9-15(3-7-20(21)24(33)39)25(40)36-17-10-18-5-6-19(11-17)37(18)22-8-4-16(12-34-22)23(38)14-1-2-14/h3-4,7-9,12,14,17-19,35H,1-2,5-6,10-11,13H2,(H2,33,39)(H,36,40)/t17?,18-,19+. The molecule has 3 aliphatic rings. The highest BCUT2D eigenvalue weighted by molar-refractivity contribution is 6.02. The van der Waals surface area contributed by atoms with Gasteiger partial charge in [0.25, 0.3) is 11.8 Å². The number of halogens is 5. The van der Waals surface area contributed by atoms with Crippen LogP contribution in [0.5, 0.6) is 0 Å². The van der Waals surface area contributed by atoms with E-state index in [9.17, 15) is 36.3 Å². The Morgan fingerprint density at radius 1 is 0.950 bits per heavy atom. The van der Waals surface area contributed by atoms with E-state index in [0.717, 1.165) is 43.6 Å². The Morgan fingerprint density at radius 2 is 1.60 bits per heavy atom. The summed E-state index contributed by atoms with van der Waals surface area (Å²) in [5, 5.41) is 4.84. The first-order valence-electron chi connectivity index (χ1n) is 13.1. The first kappa shape index (κ1) is 27.8. The maximum Gasteiger partial charge on any atom is 0.455 e. The van der Waals surface area contributed by atoms with Crippen molar-refractivity contribution in [3.05, 3.63) is 53.2 Å². The molecule has 2 saturated heterocycles. The third kappa shape index (κ3) is 5.59. The molecule has 1 aromatic heterocycles. The number of amides is 2. The van der Waals surface area contributed by atoms with Crippen LogP contribution in [0.1, 0.15) is 69.6 Å². The molecule has 3 fully saturated rings. The number of pyridine rings is 1. The number of hydrogen-bond acceptors (Lipinski definition) is 6. The van der Waals surface area contributed by atoms with Crippen molar-refractivity contribution in [2.45, 2.75) is 68.7 Å². The van der Waals surface area contributed by atoms with Crippen LogP contribution in [0.2, 0.25) is 0 Å². The summed E-state index contributed by atoms with van der Waals surface area (Å²) in [5.74, 6) is -5.65. The number of hydrogen-bond donors (Lipinski definition) is 3. The Hall–Kier alpha value is -3.77. The van der Waals surface area contributed by atoms with Crippen LogP contribution in [-0.4, -0.2) is 59.4 Å². The summed E-state index contributed by atoms with van der Waals surface area (Å²) in [6.07, 6.45) is 0.712. The molecule has 3 heterocycles. The highest BCUT2D eigenvalue weighted by Gasteiger charge is 2.57. The van der Waals surface area contributed by atoms with Gasteiger partial charge in [-0.2, -0.15) is 22.0 Å². The first-order chi connectivity index (χ1) is 18.8. The Labute approximate surface area is 226 Å². The number of nitrogens with two attached hydrogens (primary N) is 1. The molecule has 13 heteroatoms. The van der Waals surface area contributed by atoms with Crippen LogP contribution in [0.4, 0.5) is 33.5 Å². The summed E-state index contributed by atoms with van der Waals surface area (Å²) in [4.78, 5) is 43.8. The van der Waals surface area contributed by atoms with Crippen molar-refractivity contribution in [2.24, 2.45) is 11.7 Å². The van der Waals surface area contributed by atoms with Crippen molar-refractivity contribution in [1.82, 2.24) is 10.3 Å². The number of alkyl halides is 5. The predicted molar refractivity (Wildman–Crippen MR) is 136 cm³/mol. The number of carbonyl (C=O) groups excluding carboxylic acids is 3. The quantitative estimate of drug-likeness (QED) is 0.308. The van der Waals surface area contributed by atoms with E-state index in [4.69, 9.17) is 5.73 Å². The van der Waals surface area contributed by atoms with E-state index in [1.807, 2.05) is 17.4 Å². The molecular formula is C27H28F5N5O3. The zero-order chi connectivity index (χ0) is 28.8. The minimum Gasteiger partial charge on any atom is -0.378 e. The van der Waals surface area contributed by atoms with E-state index in [0.29, 0.717) is 18.4 Å². The number of piperidine rings is 1. The fourth-order valence-electron chi connectivity index (χ4n) is 5.56. The molecule has 2 aliphatic heterocycles. The van der Waals surface area contributed by atoms with E-state index in [1.54, 1.807) is 6.20 Å². The summed E-state index contributed by atoms with van der Waals surface area (Å²) in [6, 6.07) is 7.10. The molecule has 2 aromatic rings. The largest absolute Gasteiger partial charge is 0.455 e. The minimum absolute atomic E-state index is 0.0183. The molecule has 40 heavy (non-hydrogen) atoms. The van der Waals surface area contributed by atoms with Gasteiger partial charge >= 0.3 is 12.1 Å². The summed E-state index contributed by atoms with van der Waals surface area (Å²) in [7, 11) is 0. The average Bonchev–Trinajstić information content (AvgIpc) is 3.71. The van der Waals surface area contributed by atoms with Gasteiger partial charge in [0.2, 0.25) is 0 Å². The molecule has 1 unspecified atom stereocenters. The number of nitrogens with zero attached hydrogens (tertiary/aromatic N) is 2. The molecule has 0 radical (unpaired) electrons. The number of anilines is 2. The molecule has 4 N–H and O–H groups in total. The smallest absolute Gasteiger partial charge is 0.378 e. The van der Waals surface area contributed by atoms with Crippen molar-refractivity contribution in [3.8, 4) is 0 Å². The van der Waals surface area contributed by atoms with Crippen molar-refractivity contribution in [1.29, 1.82) is 0 Å². The number of rotatable bonds is 9. The van der Waals surface area contributed by atoms with Crippen LogP contribution < -0.4 is 21.3 Å². The number of aromatic nitrogens is 1. The Balaban J connectivity index is 1.24. The van der Waals surface area contributed by atoms with Gasteiger partial charge in [-0.05, 0) is 68.9 Å². The van der Waals surface area contributed by atoms with Crippen molar-refractivity contribution < 1.29 is 36.3 Å². The van der Waals surface area contributed by atoms with Crippen LogP contribution in [0.25, 0.3) is 0 Å². The number of primary amides is 1. The van der Waals surface area contributed by atoms with Gasteiger partial charge in [0.05, 0.1) is 12.1 Å². The molecular weight excluding hydrogens is 537 g/mol. The van der Waals surface area contributed by atoms with Gasteiger partial charge in [-0.25, -0.2) is 4.98 Å². The third-order valence-corrected chi connectivity index (χ3v) is 7.78. The number of Topliss-reactive ketones (excluding diaryl/α,β-unsaturated/α-hetero) is 1. The van der Waals surface area contributed by atoms with Gasteiger partial charge in [0.15, 0.2) is 5.78 Å². The number of fused-ring (bicyclic) bond motifs is 2. The van der Waals surface area contributed by atoms with Gasteiger partial charge in [0, 0.05) is 47.1 Å². The molecule has 5 rings (SSSR count). The number of benzene rings is 1. The van der Waals surface area contributed by atoms with Gasteiger partial charge in [-0.1, -0.05) is 0 Å². The lowest BCUT2D eigenvalue weighted by Crippen LogP contribution is -2.50. The summed E-state index contributed by atoms with van der Waals surface area (Å²) < 4.78 is 64.6. The van der Waals surface area contributed by atoms with Gasteiger partial charge in [-0.15, -0.1) is 0 Å². The molecule has 2 amide bonds. The monoisotopic (exact) mass is 565 g/mol. The van der Waals surface area contributed by atoms with E-state index >= 15 is 0 Å². The second-order valence-electron chi connectivity index (χ2n) is 10.7. The molecule has 8 nitrogen and oxygen atoms in total. The van der Waals surface area contributed by atoms with Crippen molar-refractivity contribution in [2.75, 3.05) is 16.8 Å². The lowest BCUT2D eigenvalue weighted by atomic mass is 9.96. The zero-order valence-electron chi connectivity index (χ0n) is 21.3. The molecule has 214 valence electrons. The van der Waals surface area contributed by atoms with E-state index in [-0.39, 0.29) is 41.0 Å². The topological polar surface area (TPSA) is 117 Å². The fraction of sp³-hybridized carbons (Fsp3) is 0.481. The van der Waals surface area contributed by atoms with Crippen LogP contribution in [0, 0.1) is 5.92 Å². The summed E-state index contributed by atoms with van der Waals surface area (Å²) in [6.45, 7) is -1.83. The van der Waals surface area contributed by atoms with E-state index in [1.165, 1.54) is 6.07 Å². The molecule has 3 atom stereocenters. The average molecular weight is 566 g/mol. The van der Waals surface area contributed by atoms with Crippen LogP contribution >= 0.6 is 0 Å². The maximum atomic E-state index is 13.4. The second kappa shape index (κ2) is 10.3. The maximum absolute atomic E-state index is 13.4. The highest BCUT2D eigenvalue weighted by atomic mass is 19.4.